The van der Waals surface area contributed by atoms with Gasteiger partial charge in [-0.15, -0.1) is 0 Å². The van der Waals surface area contributed by atoms with Crippen molar-refractivity contribution in [2.24, 2.45) is 0 Å². The van der Waals surface area contributed by atoms with Gasteiger partial charge in [0, 0.05) is 22.3 Å². The lowest BCUT2D eigenvalue weighted by Gasteiger charge is -2.09. The van der Waals surface area contributed by atoms with Gasteiger partial charge in [0.2, 0.25) is 5.91 Å². The van der Waals surface area contributed by atoms with Gasteiger partial charge in [-0.05, 0) is 24.6 Å². The van der Waals surface area contributed by atoms with Crippen molar-refractivity contribution in [3.8, 4) is 0 Å². The van der Waals surface area contributed by atoms with Crippen LogP contribution in [0.5, 0.6) is 0 Å². The molecule has 0 saturated carbocycles. The Morgan fingerprint density at radius 1 is 1.24 bits per heavy atom. The quantitative estimate of drug-likeness (QED) is 0.691. The second-order valence-electron chi connectivity index (χ2n) is 4.52. The third-order valence-corrected chi connectivity index (χ3v) is 3.49. The smallest absolute Gasteiger partial charge is 0.273 e. The van der Waals surface area contributed by atoms with Crippen LogP contribution in [-0.4, -0.2) is 10.8 Å². The first-order valence-electron chi connectivity index (χ1n) is 6.26. The summed E-state index contributed by atoms with van der Waals surface area (Å²) < 4.78 is 0. The van der Waals surface area contributed by atoms with Gasteiger partial charge < -0.3 is 5.32 Å². The Balaban J connectivity index is 2.16. The summed E-state index contributed by atoms with van der Waals surface area (Å²) in [4.78, 5) is 22.5. The van der Waals surface area contributed by atoms with Gasteiger partial charge in [-0.3, -0.25) is 14.9 Å². The topological polar surface area (TPSA) is 72.2 Å². The first-order chi connectivity index (χ1) is 9.99. The van der Waals surface area contributed by atoms with Crippen LogP contribution in [0, 0.1) is 17.0 Å². The van der Waals surface area contributed by atoms with Crippen molar-refractivity contribution < 1.29 is 9.72 Å². The largest absolute Gasteiger partial charge is 0.326 e. The number of benzene rings is 2. The number of anilines is 1. The zero-order chi connectivity index (χ0) is 15.4. The SMILES string of the molecule is Cc1c(Cl)cccc1NC(=O)Cc1ccccc1[N+](=O)[O-]. The molecule has 0 heterocycles. The number of para-hydroxylation sites is 1. The lowest BCUT2D eigenvalue weighted by atomic mass is 10.1. The summed E-state index contributed by atoms with van der Waals surface area (Å²) in [7, 11) is 0. The van der Waals surface area contributed by atoms with Crippen LogP contribution in [0.4, 0.5) is 11.4 Å². The predicted octanol–water partition coefficient (Wildman–Crippen LogP) is 3.74. The molecule has 1 N–H and O–H groups in total. The van der Waals surface area contributed by atoms with Gasteiger partial charge >= 0.3 is 0 Å². The molecule has 0 aromatic heterocycles. The third-order valence-electron chi connectivity index (χ3n) is 3.08. The van der Waals surface area contributed by atoms with Crippen LogP contribution in [0.15, 0.2) is 42.5 Å². The molecular formula is C15H13ClN2O3. The minimum atomic E-state index is -0.493. The summed E-state index contributed by atoms with van der Waals surface area (Å²) in [6.45, 7) is 1.79. The Hall–Kier alpha value is -2.40. The van der Waals surface area contributed by atoms with Crippen LogP contribution in [0.3, 0.4) is 0 Å². The molecule has 0 spiro atoms. The summed E-state index contributed by atoms with van der Waals surface area (Å²) in [5, 5.41) is 14.2. The molecule has 5 nitrogen and oxygen atoms in total. The maximum Gasteiger partial charge on any atom is 0.273 e. The van der Waals surface area contributed by atoms with Crippen molar-refractivity contribution >= 4 is 28.9 Å². The highest BCUT2D eigenvalue weighted by atomic mass is 35.5. The average molecular weight is 305 g/mol. The lowest BCUT2D eigenvalue weighted by Crippen LogP contribution is -2.16. The number of nitro benzene ring substituents is 1. The Bertz CT molecular complexity index is 701. The van der Waals surface area contributed by atoms with E-state index in [1.165, 1.54) is 6.07 Å². The number of halogens is 1. The number of carbonyl (C=O) groups excluding carboxylic acids is 1. The molecule has 21 heavy (non-hydrogen) atoms. The van der Waals surface area contributed by atoms with E-state index in [2.05, 4.69) is 5.32 Å². The van der Waals surface area contributed by atoms with E-state index >= 15 is 0 Å². The Morgan fingerprint density at radius 2 is 1.95 bits per heavy atom. The van der Waals surface area contributed by atoms with Gasteiger partial charge in [0.1, 0.15) is 0 Å². The van der Waals surface area contributed by atoms with E-state index in [1.807, 2.05) is 0 Å². The van der Waals surface area contributed by atoms with Gasteiger partial charge in [0.25, 0.3) is 5.69 Å². The normalized spacial score (nSPS) is 10.2. The molecule has 6 heteroatoms. The standard InChI is InChI=1S/C15H13ClN2O3/c1-10-12(16)6-4-7-13(10)17-15(19)9-11-5-2-3-8-14(11)18(20)21/h2-8H,9H2,1H3,(H,17,19). The van der Waals surface area contributed by atoms with Crippen molar-refractivity contribution in [1.29, 1.82) is 0 Å². The Labute approximate surface area is 126 Å². The zero-order valence-electron chi connectivity index (χ0n) is 11.3. The van der Waals surface area contributed by atoms with Crippen molar-refractivity contribution in [3.63, 3.8) is 0 Å². The van der Waals surface area contributed by atoms with E-state index in [-0.39, 0.29) is 18.0 Å². The minimum absolute atomic E-state index is 0.0598. The molecule has 0 aliphatic carbocycles. The van der Waals surface area contributed by atoms with Crippen LogP contribution in [0.1, 0.15) is 11.1 Å². The number of amides is 1. The molecule has 0 aliphatic rings. The van der Waals surface area contributed by atoms with E-state index in [1.54, 1.807) is 43.3 Å². The summed E-state index contributed by atoms with van der Waals surface area (Å²) in [6, 6.07) is 11.4. The van der Waals surface area contributed by atoms with Crippen molar-refractivity contribution in [1.82, 2.24) is 0 Å². The molecule has 0 saturated heterocycles. The van der Waals surface area contributed by atoms with E-state index in [0.717, 1.165) is 5.56 Å². The second-order valence-corrected chi connectivity index (χ2v) is 4.93. The van der Waals surface area contributed by atoms with E-state index in [9.17, 15) is 14.9 Å². The van der Waals surface area contributed by atoms with Crippen LogP contribution in [0.2, 0.25) is 5.02 Å². The van der Waals surface area contributed by atoms with Crippen molar-refractivity contribution in [2.75, 3.05) is 5.32 Å². The predicted molar refractivity (Wildman–Crippen MR) is 81.6 cm³/mol. The highest BCUT2D eigenvalue weighted by Gasteiger charge is 2.16. The molecule has 0 bridgehead atoms. The second kappa shape index (κ2) is 6.37. The maximum atomic E-state index is 12.0. The van der Waals surface area contributed by atoms with Gasteiger partial charge in [-0.2, -0.15) is 0 Å². The minimum Gasteiger partial charge on any atom is -0.326 e. The highest BCUT2D eigenvalue weighted by molar-refractivity contribution is 6.31. The van der Waals surface area contributed by atoms with Gasteiger partial charge in [0.05, 0.1) is 11.3 Å². The number of carbonyl (C=O) groups is 1. The van der Waals surface area contributed by atoms with Crippen molar-refractivity contribution in [2.45, 2.75) is 13.3 Å². The number of hydrogen-bond donors (Lipinski definition) is 1. The number of nitrogens with one attached hydrogen (secondary N) is 1. The van der Waals surface area contributed by atoms with Crippen LogP contribution >= 0.6 is 11.6 Å². The molecule has 0 atom stereocenters. The average Bonchev–Trinajstić information content (AvgIpc) is 2.44. The van der Waals surface area contributed by atoms with Crippen LogP contribution in [-0.2, 0) is 11.2 Å². The van der Waals surface area contributed by atoms with Crippen LogP contribution < -0.4 is 5.32 Å². The molecule has 1 amide bonds. The monoisotopic (exact) mass is 304 g/mol. The summed E-state index contributed by atoms with van der Waals surface area (Å²) in [5.41, 5.74) is 1.68. The molecule has 0 unspecified atom stereocenters. The fourth-order valence-corrected chi connectivity index (χ4v) is 2.12. The molecule has 2 aromatic rings. The first-order valence-corrected chi connectivity index (χ1v) is 6.64. The summed E-state index contributed by atoms with van der Waals surface area (Å²) in [6.07, 6.45) is -0.0664. The van der Waals surface area contributed by atoms with E-state index in [0.29, 0.717) is 16.3 Å². The maximum absolute atomic E-state index is 12.0. The number of hydrogen-bond acceptors (Lipinski definition) is 3. The molecule has 0 fully saturated rings. The van der Waals surface area contributed by atoms with Gasteiger partial charge in [0.15, 0.2) is 0 Å². The first kappa shape index (κ1) is 15.0. The molecule has 0 radical (unpaired) electrons. The molecule has 0 aliphatic heterocycles. The van der Waals surface area contributed by atoms with Gasteiger partial charge in [-0.25, -0.2) is 0 Å². The summed E-state index contributed by atoms with van der Waals surface area (Å²) in [5.74, 6) is -0.324. The van der Waals surface area contributed by atoms with E-state index in [4.69, 9.17) is 11.6 Å². The molecular weight excluding hydrogens is 292 g/mol. The lowest BCUT2D eigenvalue weighted by molar-refractivity contribution is -0.385. The molecule has 2 aromatic carbocycles. The fraction of sp³-hybridized carbons (Fsp3) is 0.133. The van der Waals surface area contributed by atoms with Gasteiger partial charge in [-0.1, -0.05) is 35.9 Å². The van der Waals surface area contributed by atoms with Crippen LogP contribution in [0.25, 0.3) is 0 Å². The zero-order valence-corrected chi connectivity index (χ0v) is 12.1. The molecule has 2 rings (SSSR count). The van der Waals surface area contributed by atoms with E-state index < -0.39 is 4.92 Å². The Kier molecular flexibility index (Phi) is 4.55. The highest BCUT2D eigenvalue weighted by Crippen LogP contribution is 2.24. The number of nitrogens with zero attached hydrogens (tertiary/aromatic N) is 1. The van der Waals surface area contributed by atoms with Crippen molar-refractivity contribution in [3.05, 3.63) is 68.7 Å². The fourth-order valence-electron chi connectivity index (χ4n) is 1.95. The Morgan fingerprint density at radius 3 is 2.67 bits per heavy atom. The summed E-state index contributed by atoms with van der Waals surface area (Å²) >= 11 is 5.98. The third kappa shape index (κ3) is 3.58. The number of nitro groups is 1. The number of rotatable bonds is 4. The molecule has 108 valence electrons.